The summed E-state index contributed by atoms with van der Waals surface area (Å²) < 4.78 is 15.5. The highest BCUT2D eigenvalue weighted by molar-refractivity contribution is 5.94. The van der Waals surface area contributed by atoms with Crippen LogP contribution in [0, 0.1) is 0 Å². The molecule has 148 valence electrons. The van der Waals surface area contributed by atoms with Gasteiger partial charge in [-0.05, 0) is 48.0 Å². The third-order valence-corrected chi connectivity index (χ3v) is 3.90. The van der Waals surface area contributed by atoms with E-state index in [0.29, 0.717) is 35.9 Å². The van der Waals surface area contributed by atoms with E-state index >= 15 is 0 Å². The molecule has 0 fully saturated rings. The van der Waals surface area contributed by atoms with Crippen LogP contribution < -0.4 is 24.8 Å². The Balaban J connectivity index is 1.76. The van der Waals surface area contributed by atoms with E-state index < -0.39 is 0 Å². The largest absolute Gasteiger partial charge is 0.497 e. The summed E-state index contributed by atoms with van der Waals surface area (Å²) in [7, 11) is 4.68. The number of carbonyl (C=O) groups excluding carboxylic acids is 2. The summed E-state index contributed by atoms with van der Waals surface area (Å²) in [6.07, 6.45) is 3.10. The molecule has 7 nitrogen and oxygen atoms in total. The molecule has 0 saturated heterocycles. The third kappa shape index (κ3) is 6.05. The van der Waals surface area contributed by atoms with E-state index in [-0.39, 0.29) is 11.8 Å². The van der Waals surface area contributed by atoms with Gasteiger partial charge in [-0.2, -0.15) is 0 Å². The van der Waals surface area contributed by atoms with E-state index in [4.69, 9.17) is 14.2 Å². The van der Waals surface area contributed by atoms with Gasteiger partial charge in [-0.25, -0.2) is 0 Å². The highest BCUT2D eigenvalue weighted by Crippen LogP contribution is 2.27. The summed E-state index contributed by atoms with van der Waals surface area (Å²) in [5.74, 6) is 1.43. The van der Waals surface area contributed by atoms with E-state index in [9.17, 15) is 9.59 Å². The second kappa shape index (κ2) is 10.6. The number of methoxy groups -OCH3 is 3. The van der Waals surface area contributed by atoms with Crippen LogP contribution >= 0.6 is 0 Å². The number of rotatable bonds is 9. The molecular weight excluding hydrogens is 360 g/mol. The van der Waals surface area contributed by atoms with E-state index in [0.717, 1.165) is 5.56 Å². The van der Waals surface area contributed by atoms with Crippen molar-refractivity contribution in [2.45, 2.75) is 0 Å². The molecule has 0 heterocycles. The lowest BCUT2D eigenvalue weighted by atomic mass is 10.2. The van der Waals surface area contributed by atoms with Crippen LogP contribution in [0.25, 0.3) is 6.08 Å². The first kappa shape index (κ1) is 20.8. The Morgan fingerprint density at radius 2 is 1.54 bits per heavy atom. The molecule has 2 aromatic carbocycles. The first-order valence-corrected chi connectivity index (χ1v) is 8.67. The molecule has 0 radical (unpaired) electrons. The first-order valence-electron chi connectivity index (χ1n) is 8.67. The maximum Gasteiger partial charge on any atom is 0.251 e. The maximum atomic E-state index is 12.0. The van der Waals surface area contributed by atoms with E-state index in [1.54, 1.807) is 63.8 Å². The lowest BCUT2D eigenvalue weighted by molar-refractivity contribution is -0.116. The van der Waals surface area contributed by atoms with Crippen molar-refractivity contribution in [1.82, 2.24) is 10.6 Å². The normalized spacial score (nSPS) is 10.4. The maximum absolute atomic E-state index is 12.0. The minimum absolute atomic E-state index is 0.210. The van der Waals surface area contributed by atoms with Gasteiger partial charge in [0.25, 0.3) is 5.91 Å². The molecule has 0 unspecified atom stereocenters. The van der Waals surface area contributed by atoms with Crippen LogP contribution in [0.1, 0.15) is 15.9 Å². The van der Waals surface area contributed by atoms with Gasteiger partial charge in [0, 0.05) is 24.7 Å². The Bertz CT molecular complexity index is 831. The fourth-order valence-electron chi connectivity index (χ4n) is 2.39. The van der Waals surface area contributed by atoms with Crippen molar-refractivity contribution in [3.63, 3.8) is 0 Å². The van der Waals surface area contributed by atoms with Gasteiger partial charge in [0.2, 0.25) is 5.91 Å². The Kier molecular flexibility index (Phi) is 7.90. The van der Waals surface area contributed by atoms with Gasteiger partial charge in [-0.1, -0.05) is 6.07 Å². The van der Waals surface area contributed by atoms with Gasteiger partial charge in [-0.3, -0.25) is 9.59 Å². The number of carbonyl (C=O) groups is 2. The van der Waals surface area contributed by atoms with Crippen LogP contribution in [0.3, 0.4) is 0 Å². The Hall–Kier alpha value is -3.48. The zero-order valence-corrected chi connectivity index (χ0v) is 16.2. The van der Waals surface area contributed by atoms with Crippen LogP contribution in [-0.4, -0.2) is 46.2 Å². The molecule has 0 atom stereocenters. The van der Waals surface area contributed by atoms with Gasteiger partial charge in [0.1, 0.15) is 5.75 Å². The smallest absolute Gasteiger partial charge is 0.251 e. The number of hydrogen-bond donors (Lipinski definition) is 2. The van der Waals surface area contributed by atoms with Crippen LogP contribution in [0.4, 0.5) is 0 Å². The highest BCUT2D eigenvalue weighted by atomic mass is 16.5. The van der Waals surface area contributed by atoms with Crippen molar-refractivity contribution in [3.8, 4) is 17.2 Å². The Labute approximate surface area is 164 Å². The molecule has 0 bridgehead atoms. The van der Waals surface area contributed by atoms with Crippen molar-refractivity contribution in [1.29, 1.82) is 0 Å². The van der Waals surface area contributed by atoms with Gasteiger partial charge in [-0.15, -0.1) is 0 Å². The van der Waals surface area contributed by atoms with Crippen molar-refractivity contribution in [2.24, 2.45) is 0 Å². The van der Waals surface area contributed by atoms with Crippen LogP contribution in [0.15, 0.2) is 48.5 Å². The lowest BCUT2D eigenvalue weighted by Crippen LogP contribution is -2.33. The van der Waals surface area contributed by atoms with Crippen LogP contribution in [-0.2, 0) is 4.79 Å². The summed E-state index contributed by atoms with van der Waals surface area (Å²) in [5, 5.41) is 5.46. The standard InChI is InChI=1S/C21H24N2O5/c1-26-17-8-6-16(7-9-17)21(25)23-13-12-22-20(24)11-5-15-4-10-18(27-2)19(14-15)28-3/h4-11,14H,12-13H2,1-3H3,(H,22,24)(H,23,25). The predicted octanol–water partition coefficient (Wildman–Crippen LogP) is 2.27. The third-order valence-electron chi connectivity index (χ3n) is 3.90. The summed E-state index contributed by atoms with van der Waals surface area (Å²) in [5.41, 5.74) is 1.33. The molecule has 2 amide bonds. The molecule has 0 aliphatic heterocycles. The second-order valence-electron chi connectivity index (χ2n) is 5.72. The highest BCUT2D eigenvalue weighted by Gasteiger charge is 2.05. The van der Waals surface area contributed by atoms with Gasteiger partial charge >= 0.3 is 0 Å². The zero-order chi connectivity index (χ0) is 20.4. The van der Waals surface area contributed by atoms with E-state index in [2.05, 4.69) is 10.6 Å². The molecule has 0 saturated carbocycles. The Morgan fingerprint density at radius 1 is 0.857 bits per heavy atom. The minimum Gasteiger partial charge on any atom is -0.497 e. The number of ether oxygens (including phenoxy) is 3. The molecule has 28 heavy (non-hydrogen) atoms. The summed E-state index contributed by atoms with van der Waals surface area (Å²) in [6, 6.07) is 12.2. The van der Waals surface area contributed by atoms with Crippen molar-refractivity contribution < 1.29 is 23.8 Å². The van der Waals surface area contributed by atoms with Crippen molar-refractivity contribution >= 4 is 17.9 Å². The number of amides is 2. The Morgan fingerprint density at radius 3 is 2.18 bits per heavy atom. The van der Waals surface area contributed by atoms with E-state index in [1.807, 2.05) is 6.07 Å². The molecule has 0 aliphatic carbocycles. The number of benzene rings is 2. The fourth-order valence-corrected chi connectivity index (χ4v) is 2.39. The quantitative estimate of drug-likeness (QED) is 0.512. The summed E-state index contributed by atoms with van der Waals surface area (Å²) in [4.78, 5) is 23.9. The average Bonchev–Trinajstić information content (AvgIpc) is 2.74. The predicted molar refractivity (Wildman–Crippen MR) is 107 cm³/mol. The topological polar surface area (TPSA) is 85.9 Å². The zero-order valence-electron chi connectivity index (χ0n) is 16.2. The van der Waals surface area contributed by atoms with Crippen LogP contribution in [0.2, 0.25) is 0 Å². The fraction of sp³-hybridized carbons (Fsp3) is 0.238. The van der Waals surface area contributed by atoms with Crippen molar-refractivity contribution in [2.75, 3.05) is 34.4 Å². The van der Waals surface area contributed by atoms with E-state index in [1.165, 1.54) is 6.08 Å². The molecular formula is C21H24N2O5. The summed E-state index contributed by atoms with van der Waals surface area (Å²) in [6.45, 7) is 0.637. The summed E-state index contributed by atoms with van der Waals surface area (Å²) >= 11 is 0. The average molecular weight is 384 g/mol. The molecule has 0 aliphatic rings. The monoisotopic (exact) mass is 384 g/mol. The van der Waals surface area contributed by atoms with Gasteiger partial charge in [0.05, 0.1) is 21.3 Å². The number of nitrogens with one attached hydrogen (secondary N) is 2. The molecule has 2 rings (SSSR count). The van der Waals surface area contributed by atoms with Gasteiger partial charge in [0.15, 0.2) is 11.5 Å². The number of hydrogen-bond acceptors (Lipinski definition) is 5. The molecule has 0 spiro atoms. The SMILES string of the molecule is COc1ccc(C(=O)NCCNC(=O)C=Cc2ccc(OC)c(OC)c2)cc1. The minimum atomic E-state index is -0.256. The van der Waals surface area contributed by atoms with Gasteiger partial charge < -0.3 is 24.8 Å². The second-order valence-corrected chi connectivity index (χ2v) is 5.72. The van der Waals surface area contributed by atoms with Crippen molar-refractivity contribution in [3.05, 3.63) is 59.7 Å². The molecule has 0 aromatic heterocycles. The first-order chi connectivity index (χ1) is 13.6. The molecule has 7 heteroatoms. The van der Waals surface area contributed by atoms with Crippen LogP contribution in [0.5, 0.6) is 17.2 Å². The molecule has 2 N–H and O–H groups in total. The molecule has 2 aromatic rings. The lowest BCUT2D eigenvalue weighted by Gasteiger charge is -2.08.